The van der Waals surface area contributed by atoms with Crippen LogP contribution in [0.4, 0.5) is 0 Å². The third-order valence-electron chi connectivity index (χ3n) is 3.16. The predicted molar refractivity (Wildman–Crippen MR) is 87.2 cm³/mol. The van der Waals surface area contributed by atoms with Gasteiger partial charge in [-0.15, -0.1) is 5.92 Å². The summed E-state index contributed by atoms with van der Waals surface area (Å²) in [5, 5.41) is 0. The Morgan fingerprint density at radius 3 is 2.75 bits per heavy atom. The minimum atomic E-state index is -0.565. The summed E-state index contributed by atoms with van der Waals surface area (Å²) < 4.78 is 7.54. The van der Waals surface area contributed by atoms with Gasteiger partial charge >= 0.3 is 11.7 Å². The maximum Gasteiger partial charge on any atom is 0.329 e. The Morgan fingerprint density at radius 2 is 2.08 bits per heavy atom. The normalized spacial score (nSPS) is 9.79. The number of carbonyl (C=O) groups excluding carboxylic acids is 1. The highest BCUT2D eigenvalue weighted by atomic mass is 16.5. The zero-order chi connectivity index (χ0) is 17.7. The van der Waals surface area contributed by atoms with Gasteiger partial charge in [-0.1, -0.05) is 11.8 Å². The second-order valence-corrected chi connectivity index (χ2v) is 4.72. The molecule has 0 saturated carbocycles. The lowest BCUT2D eigenvalue weighted by molar-refractivity contribution is -0.141. The highest BCUT2D eigenvalue weighted by Crippen LogP contribution is 2.09. The molecule has 2 aromatic heterocycles. The van der Waals surface area contributed by atoms with Crippen molar-refractivity contribution in [2.75, 3.05) is 6.61 Å². The quantitative estimate of drug-likeness (QED) is 0.619. The van der Waals surface area contributed by atoms with E-state index in [-0.39, 0.29) is 36.6 Å². The van der Waals surface area contributed by atoms with Crippen molar-refractivity contribution in [2.45, 2.75) is 26.8 Å². The smallest absolute Gasteiger partial charge is 0.329 e. The molecule has 2 aromatic rings. The van der Waals surface area contributed by atoms with Crippen LogP contribution in [0.1, 0.15) is 26.1 Å². The fraction of sp³-hybridized carbons (Fsp3) is 0.375. The lowest BCUT2D eigenvalue weighted by atomic mass is 10.4. The van der Waals surface area contributed by atoms with Gasteiger partial charge in [-0.2, -0.15) is 0 Å². The van der Waals surface area contributed by atoms with Gasteiger partial charge in [0, 0.05) is 7.05 Å². The molecule has 2 rings (SSSR count). The average Bonchev–Trinajstić information content (AvgIpc) is 2.90. The van der Waals surface area contributed by atoms with Crippen LogP contribution in [0, 0.1) is 23.7 Å². The van der Waals surface area contributed by atoms with Crippen LogP contribution in [0.15, 0.2) is 9.59 Å². The van der Waals surface area contributed by atoms with Crippen LogP contribution in [-0.4, -0.2) is 31.7 Å². The van der Waals surface area contributed by atoms with E-state index in [9.17, 15) is 14.4 Å². The number of carbonyl (C=O) groups is 1. The summed E-state index contributed by atoms with van der Waals surface area (Å²) in [5.74, 6) is 10.8. The molecule has 0 atom stereocenters. The van der Waals surface area contributed by atoms with Gasteiger partial charge in [0.2, 0.25) is 0 Å². The average molecular weight is 328 g/mol. The number of aromatic amines is 1. The molecule has 0 aliphatic rings. The predicted octanol–water partition coefficient (Wildman–Crippen LogP) is -0.249. The molecule has 1 N–H and O–H groups in total. The molecule has 0 bridgehead atoms. The number of nitrogens with zero attached hydrogens (tertiary/aromatic N) is 3. The zero-order valence-electron chi connectivity index (χ0n) is 13.6. The van der Waals surface area contributed by atoms with Crippen LogP contribution >= 0.6 is 0 Å². The van der Waals surface area contributed by atoms with Crippen molar-refractivity contribution in [3.05, 3.63) is 26.7 Å². The number of esters is 1. The van der Waals surface area contributed by atoms with Crippen molar-refractivity contribution < 1.29 is 9.53 Å². The molecule has 2 heterocycles. The Kier molecular flexibility index (Phi) is 5.23. The summed E-state index contributed by atoms with van der Waals surface area (Å²) in [7, 11) is 1.50. The summed E-state index contributed by atoms with van der Waals surface area (Å²) in [4.78, 5) is 41.6. The Morgan fingerprint density at radius 1 is 1.33 bits per heavy atom. The first-order chi connectivity index (χ1) is 11.5. The van der Waals surface area contributed by atoms with Crippen molar-refractivity contribution in [3.63, 3.8) is 0 Å². The number of hydrogen-bond acceptors (Lipinski definition) is 5. The van der Waals surface area contributed by atoms with Crippen molar-refractivity contribution in [1.29, 1.82) is 0 Å². The lowest BCUT2D eigenvalue weighted by Gasteiger charge is -2.00. The maximum atomic E-state index is 12.1. The van der Waals surface area contributed by atoms with Crippen LogP contribution < -0.4 is 11.2 Å². The van der Waals surface area contributed by atoms with E-state index >= 15 is 0 Å². The van der Waals surface area contributed by atoms with Gasteiger partial charge in [-0.3, -0.25) is 23.7 Å². The first kappa shape index (κ1) is 17.1. The summed E-state index contributed by atoms with van der Waals surface area (Å²) in [5.41, 5.74) is -0.705. The third kappa shape index (κ3) is 3.39. The van der Waals surface area contributed by atoms with E-state index in [0.29, 0.717) is 0 Å². The summed E-state index contributed by atoms with van der Waals surface area (Å²) in [6, 6.07) is 0. The molecule has 0 radical (unpaired) electrons. The number of rotatable bonds is 3. The van der Waals surface area contributed by atoms with E-state index in [0.717, 1.165) is 0 Å². The molecule has 0 spiro atoms. The van der Waals surface area contributed by atoms with Crippen molar-refractivity contribution in [2.24, 2.45) is 7.05 Å². The highest BCUT2D eigenvalue weighted by molar-refractivity contribution is 5.74. The van der Waals surface area contributed by atoms with Crippen LogP contribution in [0.3, 0.4) is 0 Å². The first-order valence-electron chi connectivity index (χ1n) is 7.23. The number of hydrogen-bond donors (Lipinski definition) is 1. The fourth-order valence-electron chi connectivity index (χ4n) is 2.05. The standard InChI is InChI=1S/C16H16N4O4/c1-4-6-10-20-11(8-7-9-12(21)24-5-2)17-14-13(20)15(22)18-16(23)19(14)3/h5,9-10H2,1-3H3,(H,18,22,23). The lowest BCUT2D eigenvalue weighted by Crippen LogP contribution is -2.29. The highest BCUT2D eigenvalue weighted by Gasteiger charge is 2.15. The summed E-state index contributed by atoms with van der Waals surface area (Å²) in [6.07, 6.45) is -0.0915. The summed E-state index contributed by atoms with van der Waals surface area (Å²) >= 11 is 0. The fourth-order valence-corrected chi connectivity index (χ4v) is 2.05. The summed E-state index contributed by atoms with van der Waals surface area (Å²) in [6.45, 7) is 3.85. The molecule has 0 amide bonds. The molecule has 0 aliphatic carbocycles. The van der Waals surface area contributed by atoms with Crippen molar-refractivity contribution in [3.8, 4) is 23.7 Å². The first-order valence-corrected chi connectivity index (χ1v) is 7.23. The molecule has 124 valence electrons. The van der Waals surface area contributed by atoms with Gasteiger partial charge in [0.05, 0.1) is 13.2 Å². The maximum absolute atomic E-state index is 12.1. The number of aryl methyl sites for hydroxylation is 1. The number of H-pyrrole nitrogens is 1. The van der Waals surface area contributed by atoms with Gasteiger partial charge < -0.3 is 4.74 Å². The molecule has 0 aromatic carbocycles. The second kappa shape index (κ2) is 7.34. The van der Waals surface area contributed by atoms with Crippen LogP contribution in [0.5, 0.6) is 0 Å². The van der Waals surface area contributed by atoms with Crippen molar-refractivity contribution in [1.82, 2.24) is 19.1 Å². The van der Waals surface area contributed by atoms with E-state index in [1.807, 2.05) is 0 Å². The van der Waals surface area contributed by atoms with Crippen LogP contribution in [0.2, 0.25) is 0 Å². The van der Waals surface area contributed by atoms with Gasteiger partial charge in [-0.25, -0.2) is 9.78 Å². The monoisotopic (exact) mass is 328 g/mol. The molecule has 8 nitrogen and oxygen atoms in total. The number of ether oxygens (including phenoxy) is 1. The largest absolute Gasteiger partial charge is 0.465 e. The number of imidazole rings is 1. The molecular weight excluding hydrogens is 312 g/mol. The molecule has 8 heteroatoms. The topological polar surface area (TPSA) is 99.0 Å². The zero-order valence-corrected chi connectivity index (χ0v) is 13.6. The number of fused-ring (bicyclic) bond motifs is 1. The Bertz CT molecular complexity index is 1020. The van der Waals surface area contributed by atoms with E-state index in [1.54, 1.807) is 13.8 Å². The van der Waals surface area contributed by atoms with E-state index in [1.165, 1.54) is 16.2 Å². The van der Waals surface area contributed by atoms with Crippen LogP contribution in [-0.2, 0) is 23.1 Å². The number of aromatic nitrogens is 4. The van der Waals surface area contributed by atoms with Gasteiger partial charge in [0.25, 0.3) is 5.56 Å². The van der Waals surface area contributed by atoms with Crippen molar-refractivity contribution >= 4 is 17.1 Å². The molecule has 0 unspecified atom stereocenters. The van der Waals surface area contributed by atoms with Gasteiger partial charge in [-0.05, 0) is 19.8 Å². The van der Waals surface area contributed by atoms with E-state index < -0.39 is 17.2 Å². The molecule has 0 saturated heterocycles. The Labute approximate surface area is 137 Å². The molecule has 0 aliphatic heterocycles. The second-order valence-electron chi connectivity index (χ2n) is 4.72. The van der Waals surface area contributed by atoms with E-state index in [4.69, 9.17) is 4.74 Å². The molecule has 0 fully saturated rings. The minimum absolute atomic E-state index is 0.0915. The molecular formula is C16H16N4O4. The van der Waals surface area contributed by atoms with E-state index in [2.05, 4.69) is 33.6 Å². The Balaban J connectivity index is 2.58. The van der Waals surface area contributed by atoms with Gasteiger partial charge in [0.15, 0.2) is 17.0 Å². The van der Waals surface area contributed by atoms with Crippen LogP contribution in [0.25, 0.3) is 11.2 Å². The third-order valence-corrected chi connectivity index (χ3v) is 3.16. The van der Waals surface area contributed by atoms with Gasteiger partial charge in [0.1, 0.15) is 6.42 Å². The SMILES string of the molecule is CC#CCn1c(C#CCC(=O)OCC)nc2c1c(=O)[nH]c(=O)n2C. The minimum Gasteiger partial charge on any atom is -0.465 e. The Hall–Kier alpha value is -3.26. The number of nitrogens with one attached hydrogen (secondary N) is 1. The molecule has 24 heavy (non-hydrogen) atoms.